The third-order valence-electron chi connectivity index (χ3n) is 5.29. The largest absolute Gasteiger partial charge is 0.477 e. The van der Waals surface area contributed by atoms with Crippen molar-refractivity contribution in [3.05, 3.63) is 39.2 Å². The van der Waals surface area contributed by atoms with Gasteiger partial charge in [0.05, 0.1) is 11.3 Å². The molecule has 0 saturated carbocycles. The number of aromatic nitrogens is 4. The number of Topliss-reactive ketones (excluding diaryl/α,β-unsaturated/α-hetero) is 1. The molecule has 33 heavy (non-hydrogen) atoms. The third kappa shape index (κ3) is 4.59. The summed E-state index contributed by atoms with van der Waals surface area (Å²) in [6.07, 6.45) is 2.09. The topological polar surface area (TPSA) is 128 Å². The SMILES string of the molecule is CCOCCCC(=O)C1CN(c2nc3c(cc2F)c(=O)c(C(=O)O)cn3-c2nc(Cl)ns2)C1. The third-order valence-corrected chi connectivity index (χ3v) is 6.28. The van der Waals surface area contributed by atoms with E-state index >= 15 is 0 Å². The summed E-state index contributed by atoms with van der Waals surface area (Å²) in [7, 11) is 0. The quantitative estimate of drug-likeness (QED) is 0.445. The van der Waals surface area contributed by atoms with Crippen LogP contribution >= 0.6 is 23.1 Å². The zero-order valence-electron chi connectivity index (χ0n) is 17.5. The fourth-order valence-corrected chi connectivity index (χ4v) is 4.37. The van der Waals surface area contributed by atoms with Crippen LogP contribution in [0.3, 0.4) is 0 Å². The maximum absolute atomic E-state index is 14.9. The highest BCUT2D eigenvalue weighted by atomic mass is 35.5. The fourth-order valence-electron chi connectivity index (χ4n) is 3.58. The molecule has 1 aliphatic rings. The molecule has 1 N–H and O–H groups in total. The molecule has 0 bridgehead atoms. The molecule has 0 atom stereocenters. The molecule has 4 rings (SSSR count). The molecule has 1 saturated heterocycles. The van der Waals surface area contributed by atoms with Crippen LogP contribution in [0.25, 0.3) is 16.2 Å². The van der Waals surface area contributed by atoms with Crippen molar-refractivity contribution in [1.82, 2.24) is 18.9 Å². The van der Waals surface area contributed by atoms with Crippen LogP contribution in [-0.4, -0.2) is 62.1 Å². The minimum Gasteiger partial charge on any atom is -0.477 e. The number of fused-ring (bicyclic) bond motifs is 1. The number of ketones is 1. The second-order valence-electron chi connectivity index (χ2n) is 7.43. The van der Waals surface area contributed by atoms with Gasteiger partial charge in [0.2, 0.25) is 15.8 Å². The molecule has 4 heterocycles. The zero-order valence-corrected chi connectivity index (χ0v) is 19.0. The van der Waals surface area contributed by atoms with Crippen LogP contribution in [0.4, 0.5) is 10.2 Å². The van der Waals surface area contributed by atoms with E-state index in [-0.39, 0.29) is 39.0 Å². The van der Waals surface area contributed by atoms with Gasteiger partial charge in [0.15, 0.2) is 17.3 Å². The number of hydrogen-bond acceptors (Lipinski definition) is 9. The number of carbonyl (C=O) groups is 2. The molecule has 1 fully saturated rings. The lowest BCUT2D eigenvalue weighted by atomic mass is 9.92. The first-order chi connectivity index (χ1) is 15.8. The van der Waals surface area contributed by atoms with Gasteiger partial charge in [0.1, 0.15) is 11.3 Å². The van der Waals surface area contributed by atoms with E-state index in [9.17, 15) is 23.9 Å². The molecule has 13 heteroatoms. The van der Waals surface area contributed by atoms with Gasteiger partial charge in [0, 0.05) is 50.5 Å². The molecule has 3 aromatic heterocycles. The zero-order chi connectivity index (χ0) is 23.7. The van der Waals surface area contributed by atoms with Crippen LogP contribution in [0.5, 0.6) is 0 Å². The van der Waals surface area contributed by atoms with E-state index in [1.165, 1.54) is 4.57 Å². The van der Waals surface area contributed by atoms with E-state index in [0.29, 0.717) is 39.1 Å². The van der Waals surface area contributed by atoms with Gasteiger partial charge in [-0.05, 0) is 31.0 Å². The predicted molar refractivity (Wildman–Crippen MR) is 119 cm³/mol. The Kier molecular flexibility index (Phi) is 6.68. The van der Waals surface area contributed by atoms with Gasteiger partial charge in [-0.2, -0.15) is 9.36 Å². The van der Waals surface area contributed by atoms with Crippen molar-refractivity contribution in [1.29, 1.82) is 0 Å². The average Bonchev–Trinajstić information content (AvgIpc) is 3.17. The molecule has 0 spiro atoms. The molecular weight excluding hydrogens is 477 g/mol. The number of carboxylic acid groups (broad SMARTS) is 1. The van der Waals surface area contributed by atoms with Crippen molar-refractivity contribution in [3.8, 4) is 5.13 Å². The molecule has 3 aromatic rings. The van der Waals surface area contributed by atoms with Crippen molar-refractivity contribution in [3.63, 3.8) is 0 Å². The number of rotatable bonds is 9. The Morgan fingerprint density at radius 3 is 2.76 bits per heavy atom. The lowest BCUT2D eigenvalue weighted by molar-refractivity contribution is -0.123. The molecule has 174 valence electrons. The number of hydrogen-bond donors (Lipinski definition) is 1. The molecule has 10 nitrogen and oxygen atoms in total. The molecule has 1 aliphatic heterocycles. The van der Waals surface area contributed by atoms with Gasteiger partial charge < -0.3 is 14.7 Å². The summed E-state index contributed by atoms with van der Waals surface area (Å²) in [6, 6.07) is 0.961. The Hall–Kier alpha value is -2.96. The Morgan fingerprint density at radius 2 is 2.12 bits per heavy atom. The van der Waals surface area contributed by atoms with Crippen molar-refractivity contribution in [2.75, 3.05) is 31.2 Å². The highest BCUT2D eigenvalue weighted by Crippen LogP contribution is 2.30. The van der Waals surface area contributed by atoms with Crippen molar-refractivity contribution < 1.29 is 23.8 Å². The van der Waals surface area contributed by atoms with Crippen LogP contribution in [0.1, 0.15) is 30.1 Å². The molecular formula is C20H19ClFN5O5S. The Labute approximate surface area is 195 Å². The second kappa shape index (κ2) is 9.49. The molecule has 0 amide bonds. The number of nitrogens with zero attached hydrogens (tertiary/aromatic N) is 5. The highest BCUT2D eigenvalue weighted by molar-refractivity contribution is 7.08. The second-order valence-corrected chi connectivity index (χ2v) is 8.50. The van der Waals surface area contributed by atoms with Crippen LogP contribution in [0, 0.1) is 11.7 Å². The Morgan fingerprint density at radius 1 is 1.36 bits per heavy atom. The summed E-state index contributed by atoms with van der Waals surface area (Å²) < 4.78 is 25.3. The van der Waals surface area contributed by atoms with Gasteiger partial charge in [0.25, 0.3) is 0 Å². The number of anilines is 1. The standard InChI is InChI=1S/C20H19ClFN5O5S/c1-2-32-5-3-4-14(28)10-7-26(8-10)17-13(22)6-11-15(29)12(18(30)31)9-27(16(11)23-17)20-24-19(21)25-33-20/h6,9-10H,2-5,7-8H2,1H3,(H,30,31). The maximum Gasteiger partial charge on any atom is 0.341 e. The van der Waals surface area contributed by atoms with Crippen molar-refractivity contribution in [2.45, 2.75) is 19.8 Å². The van der Waals surface area contributed by atoms with Crippen LogP contribution in [0.2, 0.25) is 5.28 Å². The Bertz CT molecular complexity index is 1290. The van der Waals surface area contributed by atoms with Crippen molar-refractivity contribution in [2.24, 2.45) is 5.92 Å². The van der Waals surface area contributed by atoms with Crippen molar-refractivity contribution >= 4 is 51.7 Å². The van der Waals surface area contributed by atoms with Gasteiger partial charge in [-0.1, -0.05) is 0 Å². The number of halogens is 2. The number of aromatic carboxylic acids is 1. The van der Waals surface area contributed by atoms with Gasteiger partial charge in [-0.15, -0.1) is 0 Å². The lowest BCUT2D eigenvalue weighted by Crippen LogP contribution is -2.51. The smallest absolute Gasteiger partial charge is 0.341 e. The lowest BCUT2D eigenvalue weighted by Gasteiger charge is -2.39. The summed E-state index contributed by atoms with van der Waals surface area (Å²) in [5.41, 5.74) is -1.42. The van der Waals surface area contributed by atoms with Gasteiger partial charge in [-0.25, -0.2) is 14.2 Å². The van der Waals surface area contributed by atoms with Crippen LogP contribution in [-0.2, 0) is 9.53 Å². The number of carbonyl (C=O) groups excluding carboxylic acids is 1. The molecule has 0 unspecified atom stereocenters. The first-order valence-corrected chi connectivity index (χ1v) is 11.3. The van der Waals surface area contributed by atoms with Gasteiger partial charge in [-0.3, -0.25) is 14.2 Å². The Balaban J connectivity index is 1.66. The first-order valence-electron chi connectivity index (χ1n) is 10.1. The minimum atomic E-state index is -1.47. The highest BCUT2D eigenvalue weighted by Gasteiger charge is 2.35. The maximum atomic E-state index is 14.9. The normalized spacial score (nSPS) is 14.0. The average molecular weight is 496 g/mol. The van der Waals surface area contributed by atoms with Crippen LogP contribution < -0.4 is 10.3 Å². The molecule has 0 aromatic carbocycles. The summed E-state index contributed by atoms with van der Waals surface area (Å²) in [4.78, 5) is 46.4. The van der Waals surface area contributed by atoms with E-state index in [2.05, 4.69) is 14.3 Å². The van der Waals surface area contributed by atoms with E-state index in [0.717, 1.165) is 23.8 Å². The van der Waals surface area contributed by atoms with E-state index in [1.807, 2.05) is 6.92 Å². The fraction of sp³-hybridized carbons (Fsp3) is 0.400. The van der Waals surface area contributed by atoms with E-state index in [4.69, 9.17) is 16.3 Å². The van der Waals surface area contributed by atoms with Crippen LogP contribution in [0.15, 0.2) is 17.1 Å². The molecule has 0 radical (unpaired) electrons. The minimum absolute atomic E-state index is 0.0145. The van der Waals surface area contributed by atoms with E-state index < -0.39 is 22.8 Å². The monoisotopic (exact) mass is 495 g/mol. The summed E-state index contributed by atoms with van der Waals surface area (Å²) >= 11 is 6.67. The van der Waals surface area contributed by atoms with E-state index in [1.54, 1.807) is 4.90 Å². The summed E-state index contributed by atoms with van der Waals surface area (Å²) in [5, 5.41) is 9.29. The first kappa shape index (κ1) is 23.2. The number of pyridine rings is 2. The number of carboxylic acids is 1. The molecule has 0 aliphatic carbocycles. The summed E-state index contributed by atoms with van der Waals surface area (Å²) in [6.45, 7) is 3.60. The summed E-state index contributed by atoms with van der Waals surface area (Å²) in [5.74, 6) is -2.44. The predicted octanol–water partition coefficient (Wildman–Crippen LogP) is 2.55. The van der Waals surface area contributed by atoms with Gasteiger partial charge >= 0.3 is 5.97 Å². The number of ether oxygens (including phenoxy) is 1.